The van der Waals surface area contributed by atoms with Gasteiger partial charge < -0.3 is 4.42 Å². The molecule has 0 N–H and O–H groups in total. The topological polar surface area (TPSA) is 38.9 Å². The number of hydrogen-bond acceptors (Lipinski definition) is 3. The third-order valence-corrected chi connectivity index (χ3v) is 8.30. The summed E-state index contributed by atoms with van der Waals surface area (Å²) in [5, 5.41) is 9.17. The van der Waals surface area contributed by atoms with Gasteiger partial charge in [0.15, 0.2) is 0 Å². The third kappa shape index (κ3) is 3.33. The maximum Gasteiger partial charge on any atom is 0.143 e. The zero-order valence-corrected chi connectivity index (χ0v) is 22.0. The van der Waals surface area contributed by atoms with E-state index in [2.05, 4.69) is 114 Å². The summed E-state index contributed by atoms with van der Waals surface area (Å²) < 4.78 is 6.29. The Kier molecular flexibility index (Phi) is 4.61. The van der Waals surface area contributed by atoms with Gasteiger partial charge in [-0.05, 0) is 63.7 Å². The number of aromatic nitrogens is 2. The molecule has 6 aromatic carbocycles. The van der Waals surface area contributed by atoms with Crippen LogP contribution in [0.1, 0.15) is 0 Å². The average Bonchev–Trinajstić information content (AvgIpc) is 3.43. The van der Waals surface area contributed by atoms with Crippen LogP contribution in [0.3, 0.4) is 0 Å². The molecule has 3 nitrogen and oxygen atoms in total. The van der Waals surface area contributed by atoms with Crippen LogP contribution >= 0.6 is 0 Å². The van der Waals surface area contributed by atoms with Crippen LogP contribution in [-0.2, 0) is 0 Å². The van der Waals surface area contributed by atoms with Crippen molar-refractivity contribution >= 4 is 65.3 Å². The number of fused-ring (bicyclic) bond motifs is 9. The van der Waals surface area contributed by atoms with Gasteiger partial charge in [-0.25, -0.2) is 4.98 Å². The highest BCUT2D eigenvalue weighted by Crippen LogP contribution is 2.39. The molecule has 3 aromatic heterocycles. The number of para-hydroxylation sites is 1. The van der Waals surface area contributed by atoms with Gasteiger partial charge in [-0.15, -0.1) is 0 Å². The average molecular weight is 523 g/mol. The first-order valence-electron chi connectivity index (χ1n) is 13.8. The van der Waals surface area contributed by atoms with Crippen LogP contribution in [0.15, 0.2) is 138 Å². The van der Waals surface area contributed by atoms with E-state index in [0.717, 1.165) is 65.8 Å². The van der Waals surface area contributed by atoms with Crippen molar-refractivity contribution in [2.24, 2.45) is 0 Å². The zero-order chi connectivity index (χ0) is 26.9. The molecule has 0 atom stereocenters. The van der Waals surface area contributed by atoms with Crippen molar-refractivity contribution in [3.05, 3.63) is 134 Å². The molecule has 0 unspecified atom stereocenters. The predicted octanol–water partition coefficient (Wildman–Crippen LogP) is 10.3. The highest BCUT2D eigenvalue weighted by atomic mass is 16.3. The van der Waals surface area contributed by atoms with E-state index in [9.17, 15) is 0 Å². The summed E-state index contributed by atoms with van der Waals surface area (Å²) in [7, 11) is 0. The first-order valence-corrected chi connectivity index (χ1v) is 13.8. The lowest BCUT2D eigenvalue weighted by atomic mass is 9.92. The van der Waals surface area contributed by atoms with Gasteiger partial charge in [0.1, 0.15) is 11.2 Å². The van der Waals surface area contributed by atoms with Crippen molar-refractivity contribution in [3.8, 4) is 22.4 Å². The number of benzene rings is 6. The van der Waals surface area contributed by atoms with Crippen LogP contribution in [0.2, 0.25) is 0 Å². The SMILES string of the molecule is c1cnc2c(c1)ccc1ccc(-c3ccc(-c4ccc5c(ccc6c7ccccc7oc56)c4)c4ccccc34)nc12. The molecule has 0 saturated heterocycles. The Morgan fingerprint density at radius 3 is 2.07 bits per heavy atom. The molecule has 9 aromatic rings. The number of rotatable bonds is 2. The van der Waals surface area contributed by atoms with E-state index in [4.69, 9.17) is 9.40 Å². The van der Waals surface area contributed by atoms with E-state index < -0.39 is 0 Å². The molecule has 0 spiro atoms. The van der Waals surface area contributed by atoms with Gasteiger partial charge in [-0.3, -0.25) is 4.98 Å². The van der Waals surface area contributed by atoms with Crippen molar-refractivity contribution in [1.29, 1.82) is 0 Å². The second kappa shape index (κ2) is 8.48. The van der Waals surface area contributed by atoms with Gasteiger partial charge in [0.05, 0.1) is 16.7 Å². The normalized spacial score (nSPS) is 11.9. The fourth-order valence-corrected chi connectivity index (χ4v) is 6.33. The standard InChI is InChI=1S/C38H22N2O/c1-2-8-30-29(7-1)27(18-19-31(30)34-20-15-24-12-11-23-6-5-21-39-36(23)37(24)40-34)25-13-16-28-26(22-25)14-17-33-32-9-3-4-10-35(32)41-38(28)33/h1-22H. The molecule has 0 saturated carbocycles. The van der Waals surface area contributed by atoms with Gasteiger partial charge in [0.2, 0.25) is 0 Å². The molecule has 0 bridgehead atoms. The predicted molar refractivity (Wildman–Crippen MR) is 170 cm³/mol. The summed E-state index contributed by atoms with van der Waals surface area (Å²) in [5.74, 6) is 0. The van der Waals surface area contributed by atoms with E-state index in [-0.39, 0.29) is 0 Å². The van der Waals surface area contributed by atoms with Crippen LogP contribution in [0, 0.1) is 0 Å². The molecule has 0 aliphatic rings. The lowest BCUT2D eigenvalue weighted by Gasteiger charge is -2.13. The Balaban J connectivity index is 1.22. The van der Waals surface area contributed by atoms with Crippen LogP contribution in [0.25, 0.3) is 87.7 Å². The Bertz CT molecular complexity index is 2490. The maximum absolute atomic E-state index is 6.29. The summed E-state index contributed by atoms with van der Waals surface area (Å²) in [4.78, 5) is 9.79. The summed E-state index contributed by atoms with van der Waals surface area (Å²) in [5.41, 5.74) is 8.17. The van der Waals surface area contributed by atoms with Crippen LogP contribution in [0.5, 0.6) is 0 Å². The molecule has 3 heteroatoms. The molecule has 0 amide bonds. The number of furan rings is 1. The number of nitrogens with zero attached hydrogens (tertiary/aromatic N) is 2. The van der Waals surface area contributed by atoms with E-state index in [1.807, 2.05) is 24.4 Å². The molecule has 0 aliphatic heterocycles. The molecular formula is C38H22N2O. The highest BCUT2D eigenvalue weighted by molar-refractivity contribution is 6.16. The van der Waals surface area contributed by atoms with E-state index >= 15 is 0 Å². The summed E-state index contributed by atoms with van der Waals surface area (Å²) >= 11 is 0. The summed E-state index contributed by atoms with van der Waals surface area (Å²) in [6.45, 7) is 0. The Morgan fingerprint density at radius 1 is 0.463 bits per heavy atom. The minimum absolute atomic E-state index is 0.923. The van der Waals surface area contributed by atoms with Crippen molar-refractivity contribution < 1.29 is 4.42 Å². The molecule has 41 heavy (non-hydrogen) atoms. The quantitative estimate of drug-likeness (QED) is 0.212. The molecule has 0 fully saturated rings. The summed E-state index contributed by atoms with van der Waals surface area (Å²) in [6.07, 6.45) is 1.84. The number of hydrogen-bond donors (Lipinski definition) is 0. The first kappa shape index (κ1) is 22.3. The third-order valence-electron chi connectivity index (χ3n) is 8.30. The van der Waals surface area contributed by atoms with Crippen molar-refractivity contribution in [2.75, 3.05) is 0 Å². The van der Waals surface area contributed by atoms with Crippen molar-refractivity contribution in [1.82, 2.24) is 9.97 Å². The van der Waals surface area contributed by atoms with Gasteiger partial charge in [-0.2, -0.15) is 0 Å². The monoisotopic (exact) mass is 522 g/mol. The van der Waals surface area contributed by atoms with Gasteiger partial charge in [0.25, 0.3) is 0 Å². The van der Waals surface area contributed by atoms with Gasteiger partial charge >= 0.3 is 0 Å². The summed E-state index contributed by atoms with van der Waals surface area (Å²) in [6, 6.07) is 44.9. The molecule has 3 heterocycles. The number of pyridine rings is 2. The largest absolute Gasteiger partial charge is 0.455 e. The van der Waals surface area contributed by atoms with Gasteiger partial charge in [0, 0.05) is 38.7 Å². The second-order valence-electron chi connectivity index (χ2n) is 10.6. The molecule has 190 valence electrons. The van der Waals surface area contributed by atoms with Gasteiger partial charge in [-0.1, -0.05) is 91.0 Å². The highest BCUT2D eigenvalue weighted by Gasteiger charge is 2.14. The lowest BCUT2D eigenvalue weighted by molar-refractivity contribution is 0.672. The fraction of sp³-hybridized carbons (Fsp3) is 0. The first-order chi connectivity index (χ1) is 20.3. The van der Waals surface area contributed by atoms with Crippen molar-refractivity contribution in [3.63, 3.8) is 0 Å². The lowest BCUT2D eigenvalue weighted by Crippen LogP contribution is -1.91. The molecule has 0 radical (unpaired) electrons. The molecule has 0 aliphatic carbocycles. The van der Waals surface area contributed by atoms with Crippen molar-refractivity contribution in [2.45, 2.75) is 0 Å². The van der Waals surface area contributed by atoms with Crippen LogP contribution in [-0.4, -0.2) is 9.97 Å². The molecular weight excluding hydrogens is 500 g/mol. The second-order valence-corrected chi connectivity index (χ2v) is 10.6. The van der Waals surface area contributed by atoms with E-state index in [1.165, 1.54) is 21.9 Å². The van der Waals surface area contributed by atoms with Crippen LogP contribution in [0.4, 0.5) is 0 Å². The smallest absolute Gasteiger partial charge is 0.143 e. The van der Waals surface area contributed by atoms with E-state index in [0.29, 0.717) is 0 Å². The Morgan fingerprint density at radius 2 is 1.17 bits per heavy atom. The zero-order valence-electron chi connectivity index (χ0n) is 22.0. The van der Waals surface area contributed by atoms with Crippen LogP contribution < -0.4 is 0 Å². The van der Waals surface area contributed by atoms with E-state index in [1.54, 1.807) is 0 Å². The fourth-order valence-electron chi connectivity index (χ4n) is 6.33. The maximum atomic E-state index is 6.29. The Hall–Kier alpha value is -5.54. The Labute approximate surface area is 235 Å². The molecule has 9 rings (SSSR count). The minimum atomic E-state index is 0.923. The minimum Gasteiger partial charge on any atom is -0.455 e.